The van der Waals surface area contributed by atoms with Gasteiger partial charge in [-0.1, -0.05) is 13.8 Å². The highest BCUT2D eigenvalue weighted by Gasteiger charge is 2.24. The van der Waals surface area contributed by atoms with Crippen molar-refractivity contribution in [2.75, 3.05) is 0 Å². The molecule has 0 spiro atoms. The summed E-state index contributed by atoms with van der Waals surface area (Å²) in [4.78, 5) is 10.7. The summed E-state index contributed by atoms with van der Waals surface area (Å²) in [5.41, 5.74) is 5.46. The van der Waals surface area contributed by atoms with Gasteiger partial charge in [-0.05, 0) is 36.5 Å². The Morgan fingerprint density at radius 3 is 2.59 bits per heavy atom. The van der Waals surface area contributed by atoms with Crippen LogP contribution in [0.15, 0.2) is 18.2 Å². The highest BCUT2D eigenvalue weighted by atomic mass is 16.3. The van der Waals surface area contributed by atoms with E-state index in [4.69, 9.17) is 5.73 Å². The van der Waals surface area contributed by atoms with Gasteiger partial charge in [0.2, 0.25) is 5.91 Å². The lowest BCUT2D eigenvalue weighted by atomic mass is 9.79. The van der Waals surface area contributed by atoms with Crippen LogP contribution in [0, 0.1) is 0 Å². The van der Waals surface area contributed by atoms with Gasteiger partial charge in [0.25, 0.3) is 0 Å². The van der Waals surface area contributed by atoms with Crippen LogP contribution in [-0.4, -0.2) is 16.1 Å². The van der Waals surface area contributed by atoms with E-state index in [1.807, 2.05) is 13.8 Å². The van der Waals surface area contributed by atoms with Gasteiger partial charge in [-0.15, -0.1) is 0 Å². The average molecular weight is 237 g/mol. The Hall–Kier alpha value is -1.71. The Morgan fingerprint density at radius 2 is 2.00 bits per heavy atom. The fourth-order valence-corrected chi connectivity index (χ4v) is 1.91. The standard InChI is InChI=1S/C13H19NO3/c1-13(2,7-3-4-12(14)17)10-8-9(15)5-6-11(10)16/h5-6,8,15-16H,3-4,7H2,1-2H3,(H2,14,17). The molecule has 4 heteroatoms. The van der Waals surface area contributed by atoms with Crippen LogP contribution in [0.4, 0.5) is 0 Å². The molecule has 1 aromatic carbocycles. The summed E-state index contributed by atoms with van der Waals surface area (Å²) < 4.78 is 0. The first kappa shape index (κ1) is 13.4. The summed E-state index contributed by atoms with van der Waals surface area (Å²) in [5.74, 6) is -0.0337. The molecule has 1 amide bonds. The predicted molar refractivity (Wildman–Crippen MR) is 65.8 cm³/mol. The van der Waals surface area contributed by atoms with E-state index in [1.54, 1.807) is 6.07 Å². The molecule has 0 bridgehead atoms. The molecule has 1 aromatic rings. The molecule has 0 heterocycles. The molecule has 0 fully saturated rings. The maximum Gasteiger partial charge on any atom is 0.217 e. The number of hydrogen-bond acceptors (Lipinski definition) is 3. The van der Waals surface area contributed by atoms with Crippen molar-refractivity contribution >= 4 is 5.91 Å². The third kappa shape index (κ3) is 3.66. The number of nitrogens with two attached hydrogens (primary N) is 1. The number of amides is 1. The van der Waals surface area contributed by atoms with Crippen molar-refractivity contribution in [1.82, 2.24) is 0 Å². The average Bonchev–Trinajstić information content (AvgIpc) is 2.20. The van der Waals surface area contributed by atoms with Crippen molar-refractivity contribution in [2.45, 2.75) is 38.5 Å². The number of hydrogen-bond donors (Lipinski definition) is 3. The van der Waals surface area contributed by atoms with Gasteiger partial charge < -0.3 is 15.9 Å². The molecule has 0 saturated carbocycles. The number of phenols is 2. The number of phenolic OH excluding ortho intramolecular Hbond substituents is 2. The zero-order valence-electron chi connectivity index (χ0n) is 10.2. The first-order valence-corrected chi connectivity index (χ1v) is 5.64. The Balaban J connectivity index is 2.81. The second kappa shape index (κ2) is 5.08. The molecule has 0 unspecified atom stereocenters. The van der Waals surface area contributed by atoms with E-state index in [0.29, 0.717) is 24.8 Å². The molecule has 4 nitrogen and oxygen atoms in total. The van der Waals surface area contributed by atoms with Crippen LogP contribution in [0.25, 0.3) is 0 Å². The van der Waals surface area contributed by atoms with E-state index in [1.165, 1.54) is 12.1 Å². The van der Waals surface area contributed by atoms with Crippen LogP contribution >= 0.6 is 0 Å². The third-order valence-corrected chi connectivity index (χ3v) is 2.93. The Labute approximate surface area is 101 Å². The van der Waals surface area contributed by atoms with Crippen molar-refractivity contribution in [3.63, 3.8) is 0 Å². The molecule has 1 rings (SSSR count). The number of primary amides is 1. The number of benzene rings is 1. The Morgan fingerprint density at radius 1 is 1.35 bits per heavy atom. The molecule has 17 heavy (non-hydrogen) atoms. The largest absolute Gasteiger partial charge is 0.508 e. The fraction of sp³-hybridized carbons (Fsp3) is 0.462. The maximum absolute atomic E-state index is 10.7. The highest BCUT2D eigenvalue weighted by molar-refractivity contribution is 5.73. The van der Waals surface area contributed by atoms with Gasteiger partial charge >= 0.3 is 0 Å². The van der Waals surface area contributed by atoms with Crippen molar-refractivity contribution < 1.29 is 15.0 Å². The van der Waals surface area contributed by atoms with Crippen LogP contribution in [0.3, 0.4) is 0 Å². The van der Waals surface area contributed by atoms with Gasteiger partial charge in [0, 0.05) is 12.0 Å². The first-order valence-electron chi connectivity index (χ1n) is 5.64. The zero-order valence-corrected chi connectivity index (χ0v) is 10.2. The van der Waals surface area contributed by atoms with Crippen molar-refractivity contribution in [2.24, 2.45) is 5.73 Å². The monoisotopic (exact) mass is 237 g/mol. The topological polar surface area (TPSA) is 83.6 Å². The maximum atomic E-state index is 10.7. The molecule has 4 N–H and O–H groups in total. The fourth-order valence-electron chi connectivity index (χ4n) is 1.91. The summed E-state index contributed by atoms with van der Waals surface area (Å²) in [7, 11) is 0. The quantitative estimate of drug-likeness (QED) is 0.685. The lowest BCUT2D eigenvalue weighted by Gasteiger charge is -2.26. The number of carbonyl (C=O) groups excluding carboxylic acids is 1. The minimum atomic E-state index is -0.319. The van der Waals surface area contributed by atoms with Gasteiger partial charge in [-0.3, -0.25) is 4.79 Å². The zero-order chi connectivity index (χ0) is 13.1. The van der Waals surface area contributed by atoms with Crippen LogP contribution in [0.5, 0.6) is 11.5 Å². The van der Waals surface area contributed by atoms with Crippen LogP contribution in [0.1, 0.15) is 38.7 Å². The van der Waals surface area contributed by atoms with Gasteiger partial charge in [0.15, 0.2) is 0 Å². The molecule has 0 atom stereocenters. The number of carbonyl (C=O) groups is 1. The second-order valence-corrected chi connectivity index (χ2v) is 4.91. The lowest BCUT2D eigenvalue weighted by molar-refractivity contribution is -0.118. The Bertz CT molecular complexity index is 413. The van der Waals surface area contributed by atoms with E-state index in [9.17, 15) is 15.0 Å². The van der Waals surface area contributed by atoms with Crippen molar-refractivity contribution in [1.29, 1.82) is 0 Å². The molecular formula is C13H19NO3. The minimum absolute atomic E-state index is 0.126. The molecule has 0 saturated heterocycles. The molecule has 0 radical (unpaired) electrons. The van der Waals surface area contributed by atoms with Gasteiger partial charge in [-0.25, -0.2) is 0 Å². The molecule has 0 aliphatic heterocycles. The van der Waals surface area contributed by atoms with Gasteiger partial charge in [0.1, 0.15) is 11.5 Å². The van der Waals surface area contributed by atoms with E-state index in [2.05, 4.69) is 0 Å². The normalized spacial score (nSPS) is 11.4. The van der Waals surface area contributed by atoms with Crippen molar-refractivity contribution in [3.05, 3.63) is 23.8 Å². The lowest BCUT2D eigenvalue weighted by Crippen LogP contribution is -2.19. The van der Waals surface area contributed by atoms with Crippen molar-refractivity contribution in [3.8, 4) is 11.5 Å². The van der Waals surface area contributed by atoms with Crippen LogP contribution in [-0.2, 0) is 10.2 Å². The number of aromatic hydroxyl groups is 2. The summed E-state index contributed by atoms with van der Waals surface area (Å²) in [6.45, 7) is 3.92. The minimum Gasteiger partial charge on any atom is -0.508 e. The molecule has 0 aliphatic carbocycles. The predicted octanol–water partition coefficient (Wildman–Crippen LogP) is 2.03. The first-order chi connectivity index (χ1) is 7.83. The summed E-state index contributed by atoms with van der Waals surface area (Å²) >= 11 is 0. The number of rotatable bonds is 5. The molecular weight excluding hydrogens is 218 g/mol. The van der Waals surface area contributed by atoms with Gasteiger partial charge in [-0.2, -0.15) is 0 Å². The summed E-state index contributed by atoms with van der Waals surface area (Å²) in [6, 6.07) is 4.47. The van der Waals surface area contributed by atoms with Crippen LogP contribution < -0.4 is 5.73 Å². The molecule has 0 aliphatic rings. The Kier molecular flexibility index (Phi) is 3.99. The third-order valence-electron chi connectivity index (χ3n) is 2.93. The highest BCUT2D eigenvalue weighted by Crippen LogP contribution is 2.36. The van der Waals surface area contributed by atoms with Crippen LogP contribution in [0.2, 0.25) is 0 Å². The summed E-state index contributed by atoms with van der Waals surface area (Å²) in [6.07, 6.45) is 1.72. The van der Waals surface area contributed by atoms with E-state index in [-0.39, 0.29) is 22.8 Å². The smallest absolute Gasteiger partial charge is 0.217 e. The van der Waals surface area contributed by atoms with E-state index < -0.39 is 0 Å². The van der Waals surface area contributed by atoms with Gasteiger partial charge in [0.05, 0.1) is 0 Å². The molecule has 94 valence electrons. The SMILES string of the molecule is CC(C)(CCCC(N)=O)c1cc(O)ccc1O. The second-order valence-electron chi connectivity index (χ2n) is 4.91. The molecule has 0 aromatic heterocycles. The van der Waals surface area contributed by atoms with E-state index in [0.717, 1.165) is 0 Å². The van der Waals surface area contributed by atoms with E-state index >= 15 is 0 Å². The summed E-state index contributed by atoms with van der Waals surface area (Å²) in [5, 5.41) is 19.2.